The van der Waals surface area contributed by atoms with Gasteiger partial charge in [-0.1, -0.05) is 30.3 Å². The van der Waals surface area contributed by atoms with E-state index in [-0.39, 0.29) is 0 Å². The van der Waals surface area contributed by atoms with Crippen LogP contribution in [0.1, 0.15) is 13.8 Å². The van der Waals surface area contributed by atoms with Gasteiger partial charge >= 0.3 is 0 Å². The van der Waals surface area contributed by atoms with Gasteiger partial charge in [0.05, 0.1) is 19.3 Å². The summed E-state index contributed by atoms with van der Waals surface area (Å²) >= 11 is 0. The number of rotatable bonds is 5. The first kappa shape index (κ1) is 12.4. The molecule has 0 N–H and O–H groups in total. The van der Waals surface area contributed by atoms with Gasteiger partial charge in [0.25, 0.3) is 0 Å². The van der Waals surface area contributed by atoms with Crippen molar-refractivity contribution in [1.29, 1.82) is 0 Å². The summed E-state index contributed by atoms with van der Waals surface area (Å²) < 4.78 is 10.8. The largest absolute Gasteiger partial charge is 0.478 e. The van der Waals surface area contributed by atoms with E-state index in [0.717, 1.165) is 5.56 Å². The van der Waals surface area contributed by atoms with Gasteiger partial charge in [-0.2, -0.15) is 9.97 Å². The summed E-state index contributed by atoms with van der Waals surface area (Å²) in [6.45, 7) is 4.98. The number of hydrogen-bond acceptors (Lipinski definition) is 4. The molecule has 0 fully saturated rings. The Morgan fingerprint density at radius 3 is 1.94 bits per heavy atom. The van der Waals surface area contributed by atoms with Crippen molar-refractivity contribution in [3.8, 4) is 23.1 Å². The van der Waals surface area contributed by atoms with Crippen LogP contribution in [0.2, 0.25) is 0 Å². The lowest BCUT2D eigenvalue weighted by Gasteiger charge is -2.08. The molecular weight excluding hydrogens is 228 g/mol. The Balaban J connectivity index is 2.39. The van der Waals surface area contributed by atoms with Crippen LogP contribution in [0.25, 0.3) is 11.4 Å². The number of nitrogens with zero attached hydrogens (tertiary/aromatic N) is 2. The summed E-state index contributed by atoms with van der Waals surface area (Å²) in [5, 5.41) is 0. The first-order valence-corrected chi connectivity index (χ1v) is 6.03. The van der Waals surface area contributed by atoms with Gasteiger partial charge < -0.3 is 9.47 Å². The second kappa shape index (κ2) is 6.00. The van der Waals surface area contributed by atoms with Crippen molar-refractivity contribution in [1.82, 2.24) is 9.97 Å². The van der Waals surface area contributed by atoms with Crippen molar-refractivity contribution < 1.29 is 9.47 Å². The summed E-state index contributed by atoms with van der Waals surface area (Å²) in [5.41, 5.74) is 0.944. The molecule has 4 heteroatoms. The van der Waals surface area contributed by atoms with Crippen LogP contribution in [0.5, 0.6) is 11.8 Å². The van der Waals surface area contributed by atoms with Crippen LogP contribution in [0, 0.1) is 0 Å². The Labute approximate surface area is 107 Å². The first-order chi connectivity index (χ1) is 8.83. The van der Waals surface area contributed by atoms with Gasteiger partial charge in [-0.05, 0) is 13.8 Å². The highest BCUT2D eigenvalue weighted by Crippen LogP contribution is 2.22. The summed E-state index contributed by atoms with van der Waals surface area (Å²) in [6, 6.07) is 11.5. The van der Waals surface area contributed by atoms with E-state index in [2.05, 4.69) is 9.97 Å². The average Bonchev–Trinajstić information content (AvgIpc) is 2.40. The molecule has 0 aliphatic carbocycles. The van der Waals surface area contributed by atoms with Crippen LogP contribution in [0.4, 0.5) is 0 Å². The number of aromatic nitrogens is 2. The average molecular weight is 244 g/mol. The first-order valence-electron chi connectivity index (χ1n) is 6.03. The minimum atomic E-state index is 0.537. The lowest BCUT2D eigenvalue weighted by Crippen LogP contribution is -2.01. The summed E-state index contributed by atoms with van der Waals surface area (Å²) in [4.78, 5) is 8.72. The molecule has 1 aromatic carbocycles. The van der Waals surface area contributed by atoms with Gasteiger partial charge in [-0.15, -0.1) is 0 Å². The van der Waals surface area contributed by atoms with E-state index in [1.165, 1.54) is 0 Å². The zero-order valence-electron chi connectivity index (χ0n) is 10.6. The Kier molecular flexibility index (Phi) is 4.12. The van der Waals surface area contributed by atoms with Gasteiger partial charge in [0.15, 0.2) is 5.82 Å². The summed E-state index contributed by atoms with van der Waals surface area (Å²) in [7, 11) is 0. The molecule has 0 spiro atoms. The van der Waals surface area contributed by atoms with Gasteiger partial charge in [0.1, 0.15) is 0 Å². The maximum Gasteiger partial charge on any atom is 0.220 e. The van der Waals surface area contributed by atoms with Crippen molar-refractivity contribution in [3.63, 3.8) is 0 Å². The van der Waals surface area contributed by atoms with Gasteiger partial charge in [-0.3, -0.25) is 0 Å². The standard InChI is InChI=1S/C14H16N2O2/c1-3-17-12-10-13(18-4-2)16-14(15-12)11-8-6-5-7-9-11/h5-10H,3-4H2,1-2H3. The molecule has 0 saturated heterocycles. The van der Waals surface area contributed by atoms with Gasteiger partial charge in [-0.25, -0.2) is 0 Å². The second-order valence-electron chi connectivity index (χ2n) is 3.60. The quantitative estimate of drug-likeness (QED) is 0.811. The number of benzene rings is 1. The smallest absolute Gasteiger partial charge is 0.220 e. The molecular formula is C14H16N2O2. The molecule has 0 saturated carbocycles. The van der Waals surface area contributed by atoms with Crippen LogP contribution in [-0.4, -0.2) is 23.2 Å². The Hall–Kier alpha value is -2.10. The highest BCUT2D eigenvalue weighted by atomic mass is 16.5. The minimum absolute atomic E-state index is 0.537. The van der Waals surface area contributed by atoms with Crippen LogP contribution in [0.3, 0.4) is 0 Å². The molecule has 0 atom stereocenters. The molecule has 0 bridgehead atoms. The van der Waals surface area contributed by atoms with E-state index < -0.39 is 0 Å². The molecule has 94 valence electrons. The third kappa shape index (κ3) is 2.97. The maximum atomic E-state index is 5.42. The third-order valence-electron chi connectivity index (χ3n) is 2.30. The summed E-state index contributed by atoms with van der Waals surface area (Å²) in [6.07, 6.45) is 0. The Bertz CT molecular complexity index is 476. The Morgan fingerprint density at radius 2 is 1.44 bits per heavy atom. The zero-order chi connectivity index (χ0) is 12.8. The molecule has 1 heterocycles. The predicted molar refractivity (Wildman–Crippen MR) is 69.8 cm³/mol. The summed E-state index contributed by atoms with van der Waals surface area (Å²) in [5.74, 6) is 1.69. The molecule has 2 aromatic rings. The van der Waals surface area contributed by atoms with E-state index in [1.807, 2.05) is 44.2 Å². The van der Waals surface area contributed by atoms with Crippen LogP contribution >= 0.6 is 0 Å². The van der Waals surface area contributed by atoms with E-state index in [1.54, 1.807) is 6.07 Å². The normalized spacial score (nSPS) is 10.1. The van der Waals surface area contributed by atoms with Crippen LogP contribution in [-0.2, 0) is 0 Å². The number of ether oxygens (including phenoxy) is 2. The maximum absolute atomic E-state index is 5.42. The van der Waals surface area contributed by atoms with Crippen molar-refractivity contribution in [2.45, 2.75) is 13.8 Å². The van der Waals surface area contributed by atoms with Crippen molar-refractivity contribution >= 4 is 0 Å². The van der Waals surface area contributed by atoms with E-state index in [9.17, 15) is 0 Å². The molecule has 0 aliphatic heterocycles. The molecule has 0 radical (unpaired) electrons. The second-order valence-corrected chi connectivity index (χ2v) is 3.60. The Morgan fingerprint density at radius 1 is 0.889 bits per heavy atom. The van der Waals surface area contributed by atoms with E-state index in [4.69, 9.17) is 9.47 Å². The van der Waals surface area contributed by atoms with Crippen molar-refractivity contribution in [3.05, 3.63) is 36.4 Å². The lowest BCUT2D eigenvalue weighted by atomic mass is 10.2. The van der Waals surface area contributed by atoms with Gasteiger partial charge in [0, 0.05) is 5.56 Å². The van der Waals surface area contributed by atoms with Crippen molar-refractivity contribution in [2.75, 3.05) is 13.2 Å². The molecule has 0 amide bonds. The fraction of sp³-hybridized carbons (Fsp3) is 0.286. The molecule has 4 nitrogen and oxygen atoms in total. The fourth-order valence-electron chi connectivity index (χ4n) is 1.56. The number of hydrogen-bond donors (Lipinski definition) is 0. The van der Waals surface area contributed by atoms with E-state index >= 15 is 0 Å². The van der Waals surface area contributed by atoms with E-state index in [0.29, 0.717) is 30.8 Å². The molecule has 0 aliphatic rings. The molecule has 2 rings (SSSR count). The third-order valence-corrected chi connectivity index (χ3v) is 2.30. The van der Waals surface area contributed by atoms with Crippen LogP contribution in [0.15, 0.2) is 36.4 Å². The monoisotopic (exact) mass is 244 g/mol. The lowest BCUT2D eigenvalue weighted by molar-refractivity contribution is 0.306. The molecule has 1 aromatic heterocycles. The zero-order valence-corrected chi connectivity index (χ0v) is 10.6. The molecule has 18 heavy (non-hydrogen) atoms. The topological polar surface area (TPSA) is 44.2 Å². The van der Waals surface area contributed by atoms with Gasteiger partial charge in [0.2, 0.25) is 11.8 Å². The highest BCUT2D eigenvalue weighted by Gasteiger charge is 2.07. The minimum Gasteiger partial charge on any atom is -0.478 e. The highest BCUT2D eigenvalue weighted by molar-refractivity contribution is 5.55. The fourth-order valence-corrected chi connectivity index (χ4v) is 1.56. The SMILES string of the molecule is CCOc1cc(OCC)nc(-c2ccccc2)n1. The predicted octanol–water partition coefficient (Wildman–Crippen LogP) is 2.94. The van der Waals surface area contributed by atoms with Crippen LogP contribution < -0.4 is 9.47 Å². The van der Waals surface area contributed by atoms with Crippen molar-refractivity contribution in [2.24, 2.45) is 0 Å². The molecule has 0 unspecified atom stereocenters.